The van der Waals surface area contributed by atoms with E-state index in [0.29, 0.717) is 6.42 Å². The van der Waals surface area contributed by atoms with Gasteiger partial charge < -0.3 is 4.90 Å². The van der Waals surface area contributed by atoms with E-state index in [1.165, 1.54) is 11.3 Å². The summed E-state index contributed by atoms with van der Waals surface area (Å²) in [7, 11) is 4.05. The van der Waals surface area contributed by atoms with Gasteiger partial charge in [-0.05, 0) is 11.6 Å². The lowest BCUT2D eigenvalue weighted by atomic mass is 10.1. The van der Waals surface area contributed by atoms with Crippen molar-refractivity contribution in [1.29, 1.82) is 0 Å². The Labute approximate surface area is 74.0 Å². The summed E-state index contributed by atoms with van der Waals surface area (Å²) in [6, 6.07) is 8.18. The lowest BCUT2D eigenvalue weighted by Gasteiger charge is -2.15. The second kappa shape index (κ2) is 3.82. The highest BCUT2D eigenvalue weighted by atomic mass is 15.1. The van der Waals surface area contributed by atoms with Crippen molar-refractivity contribution in [2.75, 3.05) is 19.0 Å². The molecule has 0 aliphatic rings. The molecule has 0 spiro atoms. The molecular formula is C11H13N. The van der Waals surface area contributed by atoms with E-state index in [4.69, 9.17) is 6.42 Å². The van der Waals surface area contributed by atoms with Crippen LogP contribution in [-0.2, 0) is 6.42 Å². The van der Waals surface area contributed by atoms with Crippen molar-refractivity contribution in [2.24, 2.45) is 0 Å². The molecule has 1 nitrogen and oxygen atoms in total. The van der Waals surface area contributed by atoms with Gasteiger partial charge in [-0.15, -0.1) is 12.3 Å². The molecule has 0 amide bonds. The normalized spacial score (nSPS) is 9.08. The minimum Gasteiger partial charge on any atom is -0.377 e. The summed E-state index contributed by atoms with van der Waals surface area (Å²) in [5.74, 6) is 2.65. The Bertz CT molecular complexity index is 294. The largest absolute Gasteiger partial charge is 0.377 e. The molecule has 0 radical (unpaired) electrons. The first-order valence-electron chi connectivity index (χ1n) is 3.94. The van der Waals surface area contributed by atoms with Gasteiger partial charge >= 0.3 is 0 Å². The first kappa shape index (κ1) is 8.67. The highest BCUT2D eigenvalue weighted by Gasteiger charge is 2.00. The van der Waals surface area contributed by atoms with Crippen molar-refractivity contribution in [3.05, 3.63) is 29.8 Å². The number of hydrogen-bond acceptors (Lipinski definition) is 1. The first-order valence-corrected chi connectivity index (χ1v) is 3.94. The van der Waals surface area contributed by atoms with Gasteiger partial charge in [-0.25, -0.2) is 0 Å². The van der Waals surface area contributed by atoms with E-state index in [1.54, 1.807) is 0 Å². The third kappa shape index (κ3) is 1.79. The quantitative estimate of drug-likeness (QED) is 0.596. The molecule has 0 aromatic heterocycles. The van der Waals surface area contributed by atoms with Gasteiger partial charge in [0.25, 0.3) is 0 Å². The van der Waals surface area contributed by atoms with Crippen molar-refractivity contribution in [3.8, 4) is 12.3 Å². The van der Waals surface area contributed by atoms with Crippen molar-refractivity contribution in [2.45, 2.75) is 6.42 Å². The van der Waals surface area contributed by atoms with Crippen LogP contribution in [-0.4, -0.2) is 14.1 Å². The van der Waals surface area contributed by atoms with Crippen LogP contribution in [0.2, 0.25) is 0 Å². The van der Waals surface area contributed by atoms with Gasteiger partial charge in [0, 0.05) is 26.2 Å². The summed E-state index contributed by atoms with van der Waals surface area (Å²) in [5.41, 5.74) is 2.42. The SMILES string of the molecule is C#CCc1ccccc1N(C)C. The minimum absolute atomic E-state index is 0.703. The minimum atomic E-state index is 0.703. The highest BCUT2D eigenvalue weighted by Crippen LogP contribution is 2.17. The molecule has 0 aliphatic heterocycles. The van der Waals surface area contributed by atoms with E-state index in [9.17, 15) is 0 Å². The number of terminal acetylenes is 1. The molecule has 12 heavy (non-hydrogen) atoms. The zero-order valence-electron chi connectivity index (χ0n) is 7.54. The second-order valence-corrected chi connectivity index (χ2v) is 2.90. The zero-order chi connectivity index (χ0) is 8.97. The third-order valence-electron chi connectivity index (χ3n) is 1.77. The van der Waals surface area contributed by atoms with E-state index >= 15 is 0 Å². The van der Waals surface area contributed by atoms with E-state index < -0.39 is 0 Å². The molecule has 0 heterocycles. The third-order valence-corrected chi connectivity index (χ3v) is 1.77. The fraction of sp³-hybridized carbons (Fsp3) is 0.273. The molecule has 0 aliphatic carbocycles. The van der Waals surface area contributed by atoms with Crippen molar-refractivity contribution < 1.29 is 0 Å². The highest BCUT2D eigenvalue weighted by molar-refractivity contribution is 5.53. The summed E-state index contributed by atoms with van der Waals surface area (Å²) < 4.78 is 0. The Balaban J connectivity index is 3.02. The summed E-state index contributed by atoms with van der Waals surface area (Å²) in [5, 5.41) is 0. The Morgan fingerprint density at radius 2 is 2.00 bits per heavy atom. The summed E-state index contributed by atoms with van der Waals surface area (Å²) in [6.45, 7) is 0. The van der Waals surface area contributed by atoms with Crippen LogP contribution >= 0.6 is 0 Å². The molecule has 0 bridgehead atoms. The molecule has 1 aromatic rings. The van der Waals surface area contributed by atoms with Gasteiger partial charge in [0.1, 0.15) is 0 Å². The fourth-order valence-electron chi connectivity index (χ4n) is 1.21. The van der Waals surface area contributed by atoms with Gasteiger partial charge in [0.05, 0.1) is 0 Å². The molecule has 0 saturated heterocycles. The summed E-state index contributed by atoms with van der Waals surface area (Å²) in [6.07, 6.45) is 5.96. The molecule has 1 heteroatoms. The molecule has 1 aromatic carbocycles. The average molecular weight is 159 g/mol. The maximum absolute atomic E-state index is 5.26. The van der Waals surface area contributed by atoms with E-state index in [0.717, 1.165) is 0 Å². The molecular weight excluding hydrogens is 146 g/mol. The lowest BCUT2D eigenvalue weighted by molar-refractivity contribution is 1.10. The number of benzene rings is 1. The molecule has 0 unspecified atom stereocenters. The number of hydrogen-bond donors (Lipinski definition) is 0. The number of rotatable bonds is 2. The summed E-state index contributed by atoms with van der Waals surface area (Å²) >= 11 is 0. The van der Waals surface area contributed by atoms with Crippen LogP contribution in [0.1, 0.15) is 5.56 Å². The van der Waals surface area contributed by atoms with E-state index in [2.05, 4.69) is 23.0 Å². The Kier molecular flexibility index (Phi) is 2.76. The van der Waals surface area contributed by atoms with Gasteiger partial charge in [0.2, 0.25) is 0 Å². The average Bonchev–Trinajstić information content (AvgIpc) is 2.05. The predicted octanol–water partition coefficient (Wildman–Crippen LogP) is 1.93. The Morgan fingerprint density at radius 3 is 2.58 bits per heavy atom. The number of para-hydroxylation sites is 1. The van der Waals surface area contributed by atoms with Crippen LogP contribution in [0, 0.1) is 12.3 Å². The number of nitrogens with zero attached hydrogens (tertiary/aromatic N) is 1. The molecule has 62 valence electrons. The Morgan fingerprint density at radius 1 is 1.33 bits per heavy atom. The Hall–Kier alpha value is -1.42. The van der Waals surface area contributed by atoms with Gasteiger partial charge in [-0.3, -0.25) is 0 Å². The molecule has 0 atom stereocenters. The monoisotopic (exact) mass is 159 g/mol. The lowest BCUT2D eigenvalue weighted by Crippen LogP contribution is -2.10. The summed E-state index contributed by atoms with van der Waals surface area (Å²) in [4.78, 5) is 2.08. The molecule has 0 fully saturated rings. The number of anilines is 1. The van der Waals surface area contributed by atoms with Crippen LogP contribution in [0.5, 0.6) is 0 Å². The maximum Gasteiger partial charge on any atom is 0.0403 e. The zero-order valence-corrected chi connectivity index (χ0v) is 7.54. The second-order valence-electron chi connectivity index (χ2n) is 2.90. The van der Waals surface area contributed by atoms with Crippen molar-refractivity contribution >= 4 is 5.69 Å². The van der Waals surface area contributed by atoms with Crippen LogP contribution in [0.25, 0.3) is 0 Å². The molecule has 0 saturated carbocycles. The van der Waals surface area contributed by atoms with Crippen molar-refractivity contribution in [3.63, 3.8) is 0 Å². The predicted molar refractivity (Wildman–Crippen MR) is 53.3 cm³/mol. The smallest absolute Gasteiger partial charge is 0.0403 e. The van der Waals surface area contributed by atoms with Crippen LogP contribution in [0.15, 0.2) is 24.3 Å². The van der Waals surface area contributed by atoms with E-state index in [-0.39, 0.29) is 0 Å². The topological polar surface area (TPSA) is 3.24 Å². The van der Waals surface area contributed by atoms with Crippen LogP contribution in [0.3, 0.4) is 0 Å². The van der Waals surface area contributed by atoms with Crippen LogP contribution in [0.4, 0.5) is 5.69 Å². The fourth-order valence-corrected chi connectivity index (χ4v) is 1.21. The van der Waals surface area contributed by atoms with Gasteiger partial charge in [-0.1, -0.05) is 18.2 Å². The van der Waals surface area contributed by atoms with Crippen molar-refractivity contribution in [1.82, 2.24) is 0 Å². The standard InChI is InChI=1S/C11H13N/c1-4-7-10-8-5-6-9-11(10)12(2)3/h1,5-6,8-9H,7H2,2-3H3. The first-order chi connectivity index (χ1) is 5.75. The van der Waals surface area contributed by atoms with Gasteiger partial charge in [0.15, 0.2) is 0 Å². The molecule has 1 rings (SSSR count). The maximum atomic E-state index is 5.26. The van der Waals surface area contributed by atoms with E-state index in [1.807, 2.05) is 26.2 Å². The van der Waals surface area contributed by atoms with Gasteiger partial charge in [-0.2, -0.15) is 0 Å². The van der Waals surface area contributed by atoms with Crippen LogP contribution < -0.4 is 4.90 Å². The molecule has 0 N–H and O–H groups in total.